The second-order valence-electron chi connectivity index (χ2n) is 4.80. The van der Waals surface area contributed by atoms with Gasteiger partial charge in [-0.2, -0.15) is 5.10 Å². The van der Waals surface area contributed by atoms with Crippen molar-refractivity contribution in [1.82, 2.24) is 9.78 Å². The third kappa shape index (κ3) is 2.92. The lowest BCUT2D eigenvalue weighted by Gasteiger charge is -2.15. The van der Waals surface area contributed by atoms with Gasteiger partial charge in [0.1, 0.15) is 11.6 Å². The van der Waals surface area contributed by atoms with Crippen molar-refractivity contribution in [2.45, 2.75) is 32.9 Å². The Morgan fingerprint density at radius 2 is 1.79 bits per heavy atom. The van der Waals surface area contributed by atoms with Crippen LogP contribution in [-0.2, 0) is 0 Å². The smallest absolute Gasteiger partial charge is 0.131 e. The normalized spacial score (nSPS) is 12.7. The Morgan fingerprint density at radius 3 is 2.32 bits per heavy atom. The molecule has 5 heteroatoms. The first-order chi connectivity index (χ1) is 8.99. The number of rotatable bonds is 4. The second kappa shape index (κ2) is 5.38. The van der Waals surface area contributed by atoms with Crippen molar-refractivity contribution in [3.05, 3.63) is 47.8 Å². The van der Waals surface area contributed by atoms with Gasteiger partial charge in [0.05, 0.1) is 17.9 Å². The lowest BCUT2D eigenvalue weighted by molar-refractivity contribution is 0.532. The highest BCUT2D eigenvalue weighted by Crippen LogP contribution is 2.24. The molecular weight excluding hydrogens is 248 g/mol. The van der Waals surface area contributed by atoms with Crippen LogP contribution in [0.4, 0.5) is 14.5 Å². The molecule has 1 atom stereocenters. The number of nitrogens with zero attached hydrogens (tertiary/aromatic N) is 2. The molecule has 3 nitrogen and oxygen atoms in total. The van der Waals surface area contributed by atoms with E-state index >= 15 is 0 Å². The van der Waals surface area contributed by atoms with E-state index in [-0.39, 0.29) is 11.6 Å². The summed E-state index contributed by atoms with van der Waals surface area (Å²) in [6.07, 6.45) is 3.47. The van der Waals surface area contributed by atoms with E-state index < -0.39 is 17.7 Å². The molecule has 0 aliphatic carbocycles. The Kier molecular flexibility index (Phi) is 3.83. The van der Waals surface area contributed by atoms with Gasteiger partial charge in [-0.1, -0.05) is 6.07 Å². The highest BCUT2D eigenvalue weighted by Gasteiger charge is 2.16. The highest BCUT2D eigenvalue weighted by molar-refractivity contribution is 5.42. The molecule has 0 saturated carbocycles. The maximum Gasteiger partial charge on any atom is 0.131 e. The van der Waals surface area contributed by atoms with E-state index in [4.69, 9.17) is 0 Å². The first-order valence-electron chi connectivity index (χ1n) is 6.23. The van der Waals surface area contributed by atoms with Crippen LogP contribution in [0.2, 0.25) is 0 Å². The van der Waals surface area contributed by atoms with Gasteiger partial charge in [-0.3, -0.25) is 4.68 Å². The lowest BCUT2D eigenvalue weighted by atomic mass is 10.1. The van der Waals surface area contributed by atoms with E-state index in [1.54, 1.807) is 17.8 Å². The number of halogens is 2. The van der Waals surface area contributed by atoms with Gasteiger partial charge in [0.15, 0.2) is 0 Å². The standard InChI is InChI=1S/C14H17F2N3/c1-9(2)19-8-11(7-17-19)18-10(3)14-12(15)5-4-6-13(14)16/h4-10,18H,1-3H3. The molecule has 0 fully saturated rings. The fourth-order valence-corrected chi connectivity index (χ4v) is 1.94. The number of nitrogens with one attached hydrogen (secondary N) is 1. The van der Waals surface area contributed by atoms with Gasteiger partial charge in [0.2, 0.25) is 0 Å². The SMILES string of the molecule is CC(Nc1cnn(C(C)C)c1)c1c(F)cccc1F. The quantitative estimate of drug-likeness (QED) is 0.908. The summed E-state index contributed by atoms with van der Waals surface area (Å²) in [4.78, 5) is 0. The molecule has 2 aromatic rings. The molecule has 0 spiro atoms. The zero-order valence-electron chi connectivity index (χ0n) is 11.2. The number of anilines is 1. The zero-order valence-corrected chi connectivity index (χ0v) is 11.2. The molecule has 0 amide bonds. The van der Waals surface area contributed by atoms with Crippen LogP contribution in [0.5, 0.6) is 0 Å². The van der Waals surface area contributed by atoms with Crippen LogP contribution in [0.25, 0.3) is 0 Å². The summed E-state index contributed by atoms with van der Waals surface area (Å²) in [5, 5.41) is 7.23. The van der Waals surface area contributed by atoms with Crippen molar-refractivity contribution < 1.29 is 8.78 Å². The first-order valence-corrected chi connectivity index (χ1v) is 6.23. The molecule has 2 rings (SSSR count). The fourth-order valence-electron chi connectivity index (χ4n) is 1.94. The largest absolute Gasteiger partial charge is 0.376 e. The van der Waals surface area contributed by atoms with Crippen LogP contribution >= 0.6 is 0 Å². The molecular formula is C14H17F2N3. The third-order valence-electron chi connectivity index (χ3n) is 2.95. The van der Waals surface area contributed by atoms with Crippen molar-refractivity contribution in [1.29, 1.82) is 0 Å². The van der Waals surface area contributed by atoms with Crippen molar-refractivity contribution in [3.63, 3.8) is 0 Å². The molecule has 1 aromatic heterocycles. The van der Waals surface area contributed by atoms with Gasteiger partial charge in [0.25, 0.3) is 0 Å². The molecule has 1 heterocycles. The molecule has 0 aliphatic rings. The number of benzene rings is 1. The topological polar surface area (TPSA) is 29.9 Å². The van der Waals surface area contributed by atoms with E-state index in [0.29, 0.717) is 0 Å². The number of aromatic nitrogens is 2. The summed E-state index contributed by atoms with van der Waals surface area (Å²) in [5.74, 6) is -1.09. The van der Waals surface area contributed by atoms with Crippen molar-refractivity contribution in [2.75, 3.05) is 5.32 Å². The van der Waals surface area contributed by atoms with Gasteiger partial charge in [-0.25, -0.2) is 8.78 Å². The van der Waals surface area contributed by atoms with Crippen molar-refractivity contribution >= 4 is 5.69 Å². The van der Waals surface area contributed by atoms with Crippen LogP contribution < -0.4 is 5.32 Å². The van der Waals surface area contributed by atoms with Gasteiger partial charge in [0, 0.05) is 17.8 Å². The molecule has 1 unspecified atom stereocenters. The van der Waals surface area contributed by atoms with Gasteiger partial charge in [-0.15, -0.1) is 0 Å². The molecule has 0 saturated heterocycles. The highest BCUT2D eigenvalue weighted by atomic mass is 19.1. The minimum Gasteiger partial charge on any atom is -0.376 e. The Hall–Kier alpha value is -1.91. The molecule has 102 valence electrons. The van der Waals surface area contributed by atoms with E-state index in [9.17, 15) is 8.78 Å². The Morgan fingerprint density at radius 1 is 1.16 bits per heavy atom. The molecule has 19 heavy (non-hydrogen) atoms. The molecule has 1 N–H and O–H groups in total. The predicted molar refractivity (Wildman–Crippen MR) is 71.0 cm³/mol. The minimum absolute atomic E-state index is 0.0415. The number of hydrogen-bond acceptors (Lipinski definition) is 2. The summed E-state index contributed by atoms with van der Waals surface area (Å²) < 4.78 is 29.1. The van der Waals surface area contributed by atoms with Crippen LogP contribution in [0.15, 0.2) is 30.6 Å². The maximum absolute atomic E-state index is 13.6. The monoisotopic (exact) mass is 265 g/mol. The minimum atomic E-state index is -0.545. The number of hydrogen-bond donors (Lipinski definition) is 1. The average Bonchev–Trinajstić information content (AvgIpc) is 2.77. The van der Waals surface area contributed by atoms with Gasteiger partial charge < -0.3 is 5.32 Å². The summed E-state index contributed by atoms with van der Waals surface area (Å²) in [7, 11) is 0. The Balaban J connectivity index is 2.18. The molecule has 0 bridgehead atoms. The molecule has 1 aromatic carbocycles. The second-order valence-corrected chi connectivity index (χ2v) is 4.80. The van der Waals surface area contributed by atoms with Crippen LogP contribution in [-0.4, -0.2) is 9.78 Å². The van der Waals surface area contributed by atoms with E-state index in [1.165, 1.54) is 18.2 Å². The molecule has 0 aliphatic heterocycles. The van der Waals surface area contributed by atoms with E-state index in [2.05, 4.69) is 10.4 Å². The first kappa shape index (κ1) is 13.5. The average molecular weight is 265 g/mol. The Bertz CT molecular complexity index is 543. The van der Waals surface area contributed by atoms with Crippen LogP contribution in [0.1, 0.15) is 38.4 Å². The summed E-state index contributed by atoms with van der Waals surface area (Å²) in [6.45, 7) is 5.74. The van der Waals surface area contributed by atoms with E-state index in [0.717, 1.165) is 5.69 Å². The zero-order chi connectivity index (χ0) is 14.0. The van der Waals surface area contributed by atoms with Crippen LogP contribution in [0.3, 0.4) is 0 Å². The lowest BCUT2D eigenvalue weighted by Crippen LogP contribution is -2.10. The fraction of sp³-hybridized carbons (Fsp3) is 0.357. The summed E-state index contributed by atoms with van der Waals surface area (Å²) in [6, 6.07) is 3.65. The predicted octanol–water partition coefficient (Wildman–Crippen LogP) is 3.92. The van der Waals surface area contributed by atoms with E-state index in [1.807, 2.05) is 20.0 Å². The van der Waals surface area contributed by atoms with Crippen molar-refractivity contribution in [3.8, 4) is 0 Å². The van der Waals surface area contributed by atoms with Gasteiger partial charge in [-0.05, 0) is 32.9 Å². The van der Waals surface area contributed by atoms with Crippen molar-refractivity contribution in [2.24, 2.45) is 0 Å². The maximum atomic E-state index is 13.6. The Labute approximate surface area is 111 Å². The summed E-state index contributed by atoms with van der Waals surface area (Å²) in [5.41, 5.74) is 0.781. The summed E-state index contributed by atoms with van der Waals surface area (Å²) >= 11 is 0. The van der Waals surface area contributed by atoms with Crippen LogP contribution in [0, 0.1) is 11.6 Å². The van der Waals surface area contributed by atoms with Gasteiger partial charge >= 0.3 is 0 Å². The molecule has 0 radical (unpaired) electrons. The third-order valence-corrected chi connectivity index (χ3v) is 2.95.